The van der Waals surface area contributed by atoms with Crippen molar-refractivity contribution >= 4 is 40.7 Å². The average Bonchev–Trinajstić information content (AvgIpc) is 2.58. The summed E-state index contributed by atoms with van der Waals surface area (Å²) in [6.07, 6.45) is 0. The van der Waals surface area contributed by atoms with Crippen molar-refractivity contribution in [2.45, 2.75) is 18.4 Å². The Morgan fingerprint density at radius 2 is 1.79 bits per heavy atom. The van der Waals surface area contributed by atoms with Crippen LogP contribution in [0.5, 0.6) is 0 Å². The lowest BCUT2D eigenvalue weighted by molar-refractivity contribution is -0.126. The Labute approximate surface area is 180 Å². The Morgan fingerprint density at radius 3 is 2.36 bits per heavy atom. The van der Waals surface area contributed by atoms with Crippen LogP contribution >= 0.6 is 24.8 Å². The van der Waals surface area contributed by atoms with Crippen molar-refractivity contribution in [2.75, 3.05) is 46.3 Å². The zero-order valence-electron chi connectivity index (χ0n) is 16.3. The van der Waals surface area contributed by atoms with Gasteiger partial charge in [-0.3, -0.25) is 4.79 Å². The smallest absolute Gasteiger partial charge is 0.243 e. The predicted octanol–water partition coefficient (Wildman–Crippen LogP) is 0.938. The van der Waals surface area contributed by atoms with Gasteiger partial charge in [0.25, 0.3) is 0 Å². The number of hydrogen-bond donors (Lipinski definition) is 2. The van der Waals surface area contributed by atoms with Crippen LogP contribution in [0.3, 0.4) is 0 Å². The minimum Gasteiger partial charge on any atom is -0.352 e. The second-order valence-corrected chi connectivity index (χ2v) is 9.15. The Kier molecular flexibility index (Phi) is 9.66. The van der Waals surface area contributed by atoms with Gasteiger partial charge in [0, 0.05) is 38.6 Å². The van der Waals surface area contributed by atoms with Gasteiger partial charge in [-0.2, -0.15) is 4.31 Å². The van der Waals surface area contributed by atoms with Gasteiger partial charge in [-0.1, -0.05) is 25.1 Å². The molecule has 2 fully saturated rings. The lowest BCUT2D eigenvalue weighted by Crippen LogP contribution is -2.49. The molecule has 0 radical (unpaired) electrons. The van der Waals surface area contributed by atoms with Crippen LogP contribution < -0.4 is 10.6 Å². The molecular formula is C18H30Cl2N4O3S. The number of carbonyl (C=O) groups excluding carboxylic acids is 1. The fourth-order valence-electron chi connectivity index (χ4n) is 3.29. The van der Waals surface area contributed by atoms with Gasteiger partial charge in [-0.05, 0) is 37.7 Å². The Bertz CT molecular complexity index is 751. The Morgan fingerprint density at radius 1 is 1.18 bits per heavy atom. The Balaban J connectivity index is 0.00000196. The lowest BCUT2D eigenvalue weighted by Gasteiger charge is -2.32. The average molecular weight is 453 g/mol. The molecule has 0 aromatic heterocycles. The summed E-state index contributed by atoms with van der Waals surface area (Å²) in [6.45, 7) is 6.32. The standard InChI is InChI=1S/C18H28N4O3S.2ClH/c1-14(16-11-19-12-16)18(23)20-13-15-5-3-4-6-17(15)26(24,25)22-9-7-21(2)8-10-22;;/h3-6,14,16,19H,7-13H2,1-2H3,(H,20,23);2*1H. The summed E-state index contributed by atoms with van der Waals surface area (Å²) in [5.41, 5.74) is 0.638. The number of piperazine rings is 1. The highest BCUT2D eigenvalue weighted by Gasteiger charge is 2.31. The summed E-state index contributed by atoms with van der Waals surface area (Å²) in [7, 11) is -1.56. The molecule has 0 spiro atoms. The topological polar surface area (TPSA) is 81.8 Å². The maximum Gasteiger partial charge on any atom is 0.243 e. The molecule has 2 aliphatic rings. The van der Waals surface area contributed by atoms with Crippen molar-refractivity contribution < 1.29 is 13.2 Å². The van der Waals surface area contributed by atoms with E-state index < -0.39 is 10.0 Å². The molecule has 1 unspecified atom stereocenters. The third kappa shape index (κ3) is 5.58. The summed E-state index contributed by atoms with van der Waals surface area (Å²) in [5.74, 6) is 0.264. The normalized spacial score (nSPS) is 19.6. The monoisotopic (exact) mass is 452 g/mol. The molecule has 10 heteroatoms. The van der Waals surface area contributed by atoms with Crippen LogP contribution in [0.25, 0.3) is 0 Å². The van der Waals surface area contributed by atoms with Gasteiger partial charge in [0.15, 0.2) is 0 Å². The summed E-state index contributed by atoms with van der Waals surface area (Å²) in [4.78, 5) is 14.8. The van der Waals surface area contributed by atoms with Gasteiger partial charge in [-0.15, -0.1) is 24.8 Å². The van der Waals surface area contributed by atoms with Crippen molar-refractivity contribution in [2.24, 2.45) is 11.8 Å². The largest absolute Gasteiger partial charge is 0.352 e. The van der Waals surface area contributed by atoms with E-state index in [2.05, 4.69) is 15.5 Å². The molecule has 160 valence electrons. The van der Waals surface area contributed by atoms with Crippen LogP contribution in [0.2, 0.25) is 0 Å². The molecule has 2 heterocycles. The number of sulfonamides is 1. The number of nitrogens with one attached hydrogen (secondary N) is 2. The van der Waals surface area contributed by atoms with E-state index in [0.29, 0.717) is 29.5 Å². The molecule has 1 amide bonds. The number of amides is 1. The van der Waals surface area contributed by atoms with Crippen LogP contribution in [0.4, 0.5) is 0 Å². The molecule has 0 saturated carbocycles. The molecular weight excluding hydrogens is 423 g/mol. The number of rotatable bonds is 6. The van der Waals surface area contributed by atoms with Crippen LogP contribution in [0, 0.1) is 11.8 Å². The third-order valence-electron chi connectivity index (χ3n) is 5.44. The molecule has 2 aliphatic heterocycles. The number of hydrogen-bond acceptors (Lipinski definition) is 5. The van der Waals surface area contributed by atoms with E-state index in [9.17, 15) is 13.2 Å². The highest BCUT2D eigenvalue weighted by Crippen LogP contribution is 2.22. The molecule has 1 atom stereocenters. The van der Waals surface area contributed by atoms with Gasteiger partial charge in [-0.25, -0.2) is 8.42 Å². The highest BCUT2D eigenvalue weighted by molar-refractivity contribution is 7.89. The molecule has 1 aromatic rings. The number of benzene rings is 1. The molecule has 7 nitrogen and oxygen atoms in total. The molecule has 3 rings (SSSR count). The number of halogens is 2. The summed E-state index contributed by atoms with van der Waals surface area (Å²) < 4.78 is 27.6. The summed E-state index contributed by atoms with van der Waals surface area (Å²) in [6, 6.07) is 6.95. The van der Waals surface area contributed by atoms with Crippen molar-refractivity contribution in [3.63, 3.8) is 0 Å². The first-order chi connectivity index (χ1) is 12.4. The predicted molar refractivity (Wildman–Crippen MR) is 115 cm³/mol. The van der Waals surface area contributed by atoms with Crippen molar-refractivity contribution in [1.29, 1.82) is 0 Å². The minimum absolute atomic E-state index is 0. The van der Waals surface area contributed by atoms with Gasteiger partial charge < -0.3 is 15.5 Å². The van der Waals surface area contributed by atoms with Crippen LogP contribution in [-0.2, 0) is 21.4 Å². The SMILES string of the molecule is CC(C(=O)NCc1ccccc1S(=O)(=O)N1CCN(C)CC1)C1CNC1.Cl.Cl. The summed E-state index contributed by atoms with van der Waals surface area (Å²) in [5, 5.41) is 6.08. The molecule has 2 N–H and O–H groups in total. The molecule has 2 saturated heterocycles. The first kappa shape index (κ1) is 25.1. The highest BCUT2D eigenvalue weighted by atomic mass is 35.5. The second-order valence-electron chi connectivity index (χ2n) is 7.24. The minimum atomic E-state index is -3.55. The quantitative estimate of drug-likeness (QED) is 0.670. The van der Waals surface area contributed by atoms with Gasteiger partial charge >= 0.3 is 0 Å². The second kappa shape index (κ2) is 10.8. The third-order valence-corrected chi connectivity index (χ3v) is 7.44. The zero-order valence-corrected chi connectivity index (χ0v) is 18.7. The summed E-state index contributed by atoms with van der Waals surface area (Å²) >= 11 is 0. The zero-order chi connectivity index (χ0) is 18.7. The van der Waals surface area contributed by atoms with E-state index in [-0.39, 0.29) is 43.2 Å². The molecule has 0 aliphatic carbocycles. The fourth-order valence-corrected chi connectivity index (χ4v) is 4.94. The van der Waals surface area contributed by atoms with Gasteiger partial charge in [0.2, 0.25) is 15.9 Å². The van der Waals surface area contributed by atoms with E-state index in [4.69, 9.17) is 0 Å². The maximum atomic E-state index is 13.0. The van der Waals surface area contributed by atoms with Crippen LogP contribution in [0.1, 0.15) is 12.5 Å². The Hall–Kier alpha value is -0.900. The van der Waals surface area contributed by atoms with Gasteiger partial charge in [0.05, 0.1) is 4.90 Å². The van der Waals surface area contributed by atoms with Crippen LogP contribution in [-0.4, -0.2) is 69.8 Å². The molecule has 28 heavy (non-hydrogen) atoms. The lowest BCUT2D eigenvalue weighted by atomic mass is 9.88. The van der Waals surface area contributed by atoms with E-state index in [0.717, 1.165) is 26.2 Å². The first-order valence-corrected chi connectivity index (χ1v) is 10.6. The van der Waals surface area contributed by atoms with E-state index >= 15 is 0 Å². The maximum absolute atomic E-state index is 13.0. The van der Waals surface area contributed by atoms with E-state index in [1.165, 1.54) is 4.31 Å². The van der Waals surface area contributed by atoms with Crippen molar-refractivity contribution in [3.05, 3.63) is 29.8 Å². The molecule has 0 bridgehead atoms. The van der Waals surface area contributed by atoms with Crippen molar-refractivity contribution in [3.8, 4) is 0 Å². The molecule has 1 aromatic carbocycles. The van der Waals surface area contributed by atoms with E-state index in [1.807, 2.05) is 20.0 Å². The fraction of sp³-hybridized carbons (Fsp3) is 0.611. The first-order valence-electron chi connectivity index (χ1n) is 9.14. The number of likely N-dealkylation sites (N-methyl/N-ethyl adjacent to an activating group) is 1. The van der Waals surface area contributed by atoms with Crippen LogP contribution in [0.15, 0.2) is 29.2 Å². The number of nitrogens with zero attached hydrogens (tertiary/aromatic N) is 2. The number of carbonyl (C=O) groups is 1. The van der Waals surface area contributed by atoms with Gasteiger partial charge in [0.1, 0.15) is 0 Å². The van der Waals surface area contributed by atoms with E-state index in [1.54, 1.807) is 18.2 Å². The van der Waals surface area contributed by atoms with Crippen molar-refractivity contribution in [1.82, 2.24) is 19.8 Å².